The fraction of sp³-hybridized carbons (Fsp3) is 0.281. The molecule has 1 fully saturated rings. The lowest BCUT2D eigenvalue weighted by Gasteiger charge is -2.23. The van der Waals surface area contributed by atoms with Crippen LogP contribution in [0, 0.1) is 0 Å². The minimum Gasteiger partial charge on any atom is -0.310 e. The Morgan fingerprint density at radius 1 is 0.950 bits per heavy atom. The minimum absolute atomic E-state index is 0.00915. The van der Waals surface area contributed by atoms with Gasteiger partial charge in [-0.1, -0.05) is 42.6 Å². The van der Waals surface area contributed by atoms with Gasteiger partial charge in [0.05, 0.1) is 22.5 Å². The number of carbonyl (C=O) groups excluding carboxylic acids is 2. The maximum atomic E-state index is 13.8. The number of nitrogens with zero attached hydrogens (tertiary/aromatic N) is 4. The standard InChI is InChI=1S/C32H26ClN5O2/c33-25-8-2-1-6-23(25)28-37-32(9-3-4-10-32)30(40)38(28)18-19-12-20-13-21-15-31(16-22(21)14-26(20)35-17-19)24-7-5-11-34-27(24)36-29(31)39/h1-2,5-8,11-14,17H,3-4,9-10,15-16,18H2,(H,34,36,39)/t31-/m0/s1. The first-order chi connectivity index (χ1) is 19.5. The lowest BCUT2D eigenvalue weighted by molar-refractivity contribution is -0.131. The fourth-order valence-corrected chi connectivity index (χ4v) is 7.37. The molecule has 4 heterocycles. The van der Waals surface area contributed by atoms with E-state index in [4.69, 9.17) is 21.6 Å². The molecule has 2 aliphatic carbocycles. The highest BCUT2D eigenvalue weighted by Gasteiger charge is 2.52. The van der Waals surface area contributed by atoms with Crippen molar-refractivity contribution >= 4 is 46.0 Å². The average molecular weight is 548 g/mol. The maximum Gasteiger partial charge on any atom is 0.256 e. The fourth-order valence-electron chi connectivity index (χ4n) is 7.15. The van der Waals surface area contributed by atoms with Crippen molar-refractivity contribution in [2.45, 2.75) is 56.0 Å². The Hall–Kier alpha value is -4.10. The van der Waals surface area contributed by atoms with Crippen LogP contribution < -0.4 is 5.32 Å². The number of amides is 2. The number of benzene rings is 2. The summed E-state index contributed by atoms with van der Waals surface area (Å²) in [6.45, 7) is 0.371. The van der Waals surface area contributed by atoms with Gasteiger partial charge in [0.25, 0.3) is 5.91 Å². The summed E-state index contributed by atoms with van der Waals surface area (Å²) in [6.07, 6.45) is 8.36. The Bertz CT molecular complexity index is 1790. The molecule has 8 heteroatoms. The summed E-state index contributed by atoms with van der Waals surface area (Å²) in [4.78, 5) is 43.0. The summed E-state index contributed by atoms with van der Waals surface area (Å²) in [5.74, 6) is 1.37. The molecule has 1 saturated carbocycles. The van der Waals surface area contributed by atoms with E-state index in [1.54, 1.807) is 11.1 Å². The summed E-state index contributed by atoms with van der Waals surface area (Å²) in [5.41, 5.74) is 4.55. The highest BCUT2D eigenvalue weighted by Crippen LogP contribution is 2.47. The van der Waals surface area contributed by atoms with E-state index in [2.05, 4.69) is 28.5 Å². The molecule has 2 amide bonds. The number of pyridine rings is 2. The molecule has 2 aromatic carbocycles. The van der Waals surface area contributed by atoms with Gasteiger partial charge in [0.1, 0.15) is 17.2 Å². The van der Waals surface area contributed by atoms with Crippen molar-refractivity contribution in [1.29, 1.82) is 0 Å². The van der Waals surface area contributed by atoms with Gasteiger partial charge in [0.15, 0.2) is 0 Å². The molecule has 0 saturated heterocycles. The molecule has 8 rings (SSSR count). The van der Waals surface area contributed by atoms with E-state index in [-0.39, 0.29) is 11.8 Å². The van der Waals surface area contributed by atoms with E-state index in [9.17, 15) is 9.59 Å². The van der Waals surface area contributed by atoms with Gasteiger partial charge in [0, 0.05) is 28.9 Å². The summed E-state index contributed by atoms with van der Waals surface area (Å²) >= 11 is 6.58. The number of halogens is 1. The first-order valence-corrected chi connectivity index (χ1v) is 14.2. The molecule has 1 atom stereocenters. The average Bonchev–Trinajstić information content (AvgIpc) is 3.71. The van der Waals surface area contributed by atoms with Crippen LogP contribution in [0.5, 0.6) is 0 Å². The second-order valence-corrected chi connectivity index (χ2v) is 11.9. The van der Waals surface area contributed by atoms with Crippen molar-refractivity contribution in [3.63, 3.8) is 0 Å². The van der Waals surface area contributed by atoms with Crippen molar-refractivity contribution in [2.24, 2.45) is 4.99 Å². The van der Waals surface area contributed by atoms with E-state index in [0.29, 0.717) is 36.1 Å². The molecule has 1 N–H and O–H groups in total. The van der Waals surface area contributed by atoms with Crippen LogP contribution in [0.4, 0.5) is 5.82 Å². The van der Waals surface area contributed by atoms with Gasteiger partial charge < -0.3 is 5.32 Å². The zero-order valence-electron chi connectivity index (χ0n) is 21.8. The number of carbonyl (C=O) groups is 2. The van der Waals surface area contributed by atoms with Crippen molar-refractivity contribution in [2.75, 3.05) is 5.32 Å². The molecule has 2 spiro atoms. The number of aromatic nitrogens is 2. The Morgan fingerprint density at radius 2 is 1.75 bits per heavy atom. The second-order valence-electron chi connectivity index (χ2n) is 11.5. The van der Waals surface area contributed by atoms with Gasteiger partial charge in [-0.15, -0.1) is 0 Å². The van der Waals surface area contributed by atoms with E-state index >= 15 is 0 Å². The van der Waals surface area contributed by atoms with Gasteiger partial charge in [-0.3, -0.25) is 24.5 Å². The number of hydrogen-bond acceptors (Lipinski definition) is 5. The van der Waals surface area contributed by atoms with Crippen molar-refractivity contribution < 1.29 is 9.59 Å². The number of rotatable bonds is 3. The summed E-state index contributed by atoms with van der Waals surface area (Å²) in [5, 5.41) is 4.56. The maximum absolute atomic E-state index is 13.8. The first-order valence-electron chi connectivity index (χ1n) is 13.8. The van der Waals surface area contributed by atoms with Crippen LogP contribution >= 0.6 is 11.6 Å². The zero-order valence-corrected chi connectivity index (χ0v) is 22.5. The Kier molecular flexibility index (Phi) is 5.02. The molecule has 0 unspecified atom stereocenters. The molecule has 4 aliphatic rings. The number of nitrogens with one attached hydrogen (secondary N) is 1. The smallest absolute Gasteiger partial charge is 0.256 e. The number of anilines is 1. The van der Waals surface area contributed by atoms with Crippen LogP contribution in [0.2, 0.25) is 5.02 Å². The minimum atomic E-state index is -0.680. The predicted molar refractivity (Wildman–Crippen MR) is 153 cm³/mol. The number of fused-ring (bicyclic) bond motifs is 4. The van der Waals surface area contributed by atoms with Crippen molar-refractivity contribution in [1.82, 2.24) is 14.9 Å². The van der Waals surface area contributed by atoms with Crippen LogP contribution in [0.1, 0.15) is 53.5 Å². The predicted octanol–water partition coefficient (Wildman–Crippen LogP) is 5.37. The Morgan fingerprint density at radius 3 is 2.58 bits per heavy atom. The van der Waals surface area contributed by atoms with E-state index in [1.807, 2.05) is 42.6 Å². The van der Waals surface area contributed by atoms with Crippen molar-refractivity contribution in [3.8, 4) is 0 Å². The summed E-state index contributed by atoms with van der Waals surface area (Å²) in [7, 11) is 0. The largest absolute Gasteiger partial charge is 0.310 e. The Balaban J connectivity index is 1.14. The van der Waals surface area contributed by atoms with Crippen LogP contribution in [0.15, 0.2) is 72.0 Å². The quantitative estimate of drug-likeness (QED) is 0.373. The van der Waals surface area contributed by atoms with E-state index in [1.165, 1.54) is 0 Å². The molecule has 0 bridgehead atoms. The van der Waals surface area contributed by atoms with Crippen LogP contribution in [0.3, 0.4) is 0 Å². The van der Waals surface area contributed by atoms with Gasteiger partial charge in [-0.25, -0.2) is 4.98 Å². The second kappa shape index (κ2) is 8.45. The molecule has 40 heavy (non-hydrogen) atoms. The van der Waals surface area contributed by atoms with Gasteiger partial charge >= 0.3 is 0 Å². The molecule has 198 valence electrons. The van der Waals surface area contributed by atoms with Crippen molar-refractivity contribution in [3.05, 3.63) is 99.8 Å². The normalized spacial score (nSPS) is 22.3. The molecule has 7 nitrogen and oxygen atoms in total. The lowest BCUT2D eigenvalue weighted by Crippen LogP contribution is -2.40. The highest BCUT2D eigenvalue weighted by atomic mass is 35.5. The van der Waals surface area contributed by atoms with Crippen LogP contribution in [-0.4, -0.2) is 38.1 Å². The Labute approximate surface area is 236 Å². The van der Waals surface area contributed by atoms with Crippen LogP contribution in [0.25, 0.3) is 10.9 Å². The molecule has 4 aromatic rings. The van der Waals surface area contributed by atoms with Gasteiger partial charge in [-0.05, 0) is 78.8 Å². The molecule has 2 aliphatic heterocycles. The SMILES string of the molecule is O=C1N(Cc2cnc3cc4c(cc3c2)C[C@@]2(C4)C(=O)Nc3ncccc32)C(c2ccccc2Cl)=NC12CCCC2. The van der Waals surface area contributed by atoms with Gasteiger partial charge in [-0.2, -0.15) is 0 Å². The molecular formula is C32H26ClN5O2. The third-order valence-corrected chi connectivity index (χ3v) is 9.47. The zero-order chi connectivity index (χ0) is 27.1. The van der Waals surface area contributed by atoms with E-state index < -0.39 is 11.0 Å². The number of hydrogen-bond donors (Lipinski definition) is 1. The monoisotopic (exact) mass is 547 g/mol. The number of amidine groups is 1. The highest BCUT2D eigenvalue weighted by molar-refractivity contribution is 6.35. The first kappa shape index (κ1) is 23.8. The lowest BCUT2D eigenvalue weighted by atomic mass is 9.79. The summed E-state index contributed by atoms with van der Waals surface area (Å²) in [6, 6.07) is 17.9. The van der Waals surface area contributed by atoms with E-state index in [0.717, 1.165) is 64.4 Å². The molecule has 0 radical (unpaired) electrons. The van der Waals surface area contributed by atoms with Crippen LogP contribution in [-0.2, 0) is 34.4 Å². The van der Waals surface area contributed by atoms with Gasteiger partial charge in [0.2, 0.25) is 5.91 Å². The third-order valence-electron chi connectivity index (χ3n) is 9.14. The molecular weight excluding hydrogens is 522 g/mol. The third kappa shape index (κ3) is 3.33. The molecule has 2 aromatic heterocycles. The number of aliphatic imine (C=N–C) groups is 1. The topological polar surface area (TPSA) is 87.5 Å². The summed E-state index contributed by atoms with van der Waals surface area (Å²) < 4.78 is 0.